The summed E-state index contributed by atoms with van der Waals surface area (Å²) >= 11 is 0. The lowest BCUT2D eigenvalue weighted by Crippen LogP contribution is -2.35. The Morgan fingerprint density at radius 3 is 2.40 bits per heavy atom. The lowest BCUT2D eigenvalue weighted by Gasteiger charge is -2.24. The first-order chi connectivity index (χ1) is 14.4. The van der Waals surface area contributed by atoms with E-state index in [1.807, 2.05) is 44.2 Å². The summed E-state index contributed by atoms with van der Waals surface area (Å²) in [6.45, 7) is 9.55. The highest BCUT2D eigenvalue weighted by Crippen LogP contribution is 2.26. The first-order valence-electron chi connectivity index (χ1n) is 10.4. The van der Waals surface area contributed by atoms with Gasteiger partial charge in [0.2, 0.25) is 5.91 Å². The number of nitrogens with zero attached hydrogens (tertiary/aromatic N) is 1. The summed E-state index contributed by atoms with van der Waals surface area (Å²) in [4.78, 5) is 24.9. The number of Topliss-reactive ketones (excluding diaryl/α,β-unsaturated/α-hetero) is 1. The van der Waals surface area contributed by atoms with Gasteiger partial charge in [0.05, 0.1) is 32.5 Å². The SMILES string of the molecule is CC.CC(=O)/C(C)=C\N(C(C)=O)C1CC(OCCOCc2ccccc2)C(CO)O1. The third kappa shape index (κ3) is 8.36. The molecule has 1 amide bonds. The van der Waals surface area contributed by atoms with Gasteiger partial charge in [0, 0.05) is 25.1 Å². The Morgan fingerprint density at radius 2 is 1.83 bits per heavy atom. The van der Waals surface area contributed by atoms with Crippen molar-refractivity contribution in [3.05, 3.63) is 47.7 Å². The third-order valence-electron chi connectivity index (χ3n) is 4.59. The van der Waals surface area contributed by atoms with Crippen molar-refractivity contribution in [2.45, 2.75) is 66.1 Å². The van der Waals surface area contributed by atoms with Crippen LogP contribution in [-0.4, -0.2) is 60.0 Å². The Balaban J connectivity index is 0.00000218. The number of aliphatic hydroxyl groups excluding tert-OH is 1. The van der Waals surface area contributed by atoms with E-state index in [1.165, 1.54) is 24.9 Å². The Labute approximate surface area is 179 Å². The van der Waals surface area contributed by atoms with E-state index in [2.05, 4.69) is 0 Å². The number of hydrogen-bond acceptors (Lipinski definition) is 6. The second-order valence-electron chi connectivity index (χ2n) is 6.79. The van der Waals surface area contributed by atoms with Crippen LogP contribution in [0.3, 0.4) is 0 Å². The van der Waals surface area contributed by atoms with Crippen LogP contribution in [0.2, 0.25) is 0 Å². The number of amides is 1. The van der Waals surface area contributed by atoms with Gasteiger partial charge in [-0.15, -0.1) is 0 Å². The zero-order chi connectivity index (χ0) is 22.5. The van der Waals surface area contributed by atoms with E-state index in [1.54, 1.807) is 6.92 Å². The number of ketones is 1. The lowest BCUT2D eigenvalue weighted by atomic mass is 10.1. The molecule has 3 unspecified atom stereocenters. The van der Waals surface area contributed by atoms with Crippen molar-refractivity contribution in [2.75, 3.05) is 19.8 Å². The maximum Gasteiger partial charge on any atom is 0.225 e. The molecule has 0 aliphatic carbocycles. The van der Waals surface area contributed by atoms with Gasteiger partial charge in [-0.3, -0.25) is 14.5 Å². The first kappa shape index (κ1) is 26.0. The normalized spacial score (nSPS) is 21.0. The Hall–Kier alpha value is -2.06. The Bertz CT molecular complexity index is 676. The number of ether oxygens (including phenoxy) is 3. The highest BCUT2D eigenvalue weighted by Gasteiger charge is 2.39. The summed E-state index contributed by atoms with van der Waals surface area (Å²) in [6.07, 6.45) is 0.426. The van der Waals surface area contributed by atoms with Crippen LogP contribution in [0.15, 0.2) is 42.1 Å². The fourth-order valence-electron chi connectivity index (χ4n) is 2.91. The Morgan fingerprint density at radius 1 is 1.17 bits per heavy atom. The summed E-state index contributed by atoms with van der Waals surface area (Å²) in [5.74, 6) is -0.361. The molecule has 1 aromatic carbocycles. The molecule has 1 saturated heterocycles. The van der Waals surface area contributed by atoms with Gasteiger partial charge in [-0.25, -0.2) is 0 Å². The molecular weight excluding hydrogens is 386 g/mol. The molecule has 3 atom stereocenters. The predicted octanol–water partition coefficient (Wildman–Crippen LogP) is 3.06. The van der Waals surface area contributed by atoms with E-state index < -0.39 is 12.3 Å². The second kappa shape index (κ2) is 14.0. The van der Waals surface area contributed by atoms with Crippen LogP contribution in [0, 0.1) is 0 Å². The molecule has 1 aliphatic heterocycles. The molecule has 1 heterocycles. The van der Waals surface area contributed by atoms with Crippen molar-refractivity contribution < 1.29 is 28.9 Å². The van der Waals surface area contributed by atoms with E-state index in [0.717, 1.165) is 5.56 Å². The average molecular weight is 422 g/mol. The molecule has 7 nitrogen and oxygen atoms in total. The zero-order valence-electron chi connectivity index (χ0n) is 18.7. The van der Waals surface area contributed by atoms with Gasteiger partial charge < -0.3 is 19.3 Å². The third-order valence-corrected chi connectivity index (χ3v) is 4.59. The molecule has 7 heteroatoms. The fourth-order valence-corrected chi connectivity index (χ4v) is 2.91. The zero-order valence-corrected chi connectivity index (χ0v) is 18.7. The topological polar surface area (TPSA) is 85.3 Å². The minimum Gasteiger partial charge on any atom is -0.394 e. The molecule has 1 aliphatic rings. The largest absolute Gasteiger partial charge is 0.394 e. The molecule has 0 bridgehead atoms. The number of aliphatic hydroxyl groups is 1. The molecule has 1 N–H and O–H groups in total. The molecule has 1 fully saturated rings. The molecule has 0 aromatic heterocycles. The summed E-state index contributed by atoms with van der Waals surface area (Å²) in [5.41, 5.74) is 1.54. The fraction of sp³-hybridized carbons (Fsp3) is 0.565. The maximum absolute atomic E-state index is 12.0. The predicted molar refractivity (Wildman–Crippen MR) is 115 cm³/mol. The monoisotopic (exact) mass is 421 g/mol. The smallest absolute Gasteiger partial charge is 0.225 e. The van der Waals surface area contributed by atoms with E-state index >= 15 is 0 Å². The number of carbonyl (C=O) groups excluding carboxylic acids is 2. The maximum atomic E-state index is 12.0. The van der Waals surface area contributed by atoms with Crippen molar-refractivity contribution in [3.63, 3.8) is 0 Å². The highest BCUT2D eigenvalue weighted by atomic mass is 16.6. The van der Waals surface area contributed by atoms with Crippen LogP contribution >= 0.6 is 0 Å². The number of rotatable bonds is 10. The van der Waals surface area contributed by atoms with Gasteiger partial charge in [-0.1, -0.05) is 44.2 Å². The summed E-state index contributed by atoms with van der Waals surface area (Å²) in [5, 5.41) is 9.59. The molecule has 168 valence electrons. The van der Waals surface area contributed by atoms with Crippen molar-refractivity contribution in [1.82, 2.24) is 4.90 Å². The minimum atomic E-state index is -0.584. The summed E-state index contributed by atoms with van der Waals surface area (Å²) < 4.78 is 17.2. The van der Waals surface area contributed by atoms with Crippen LogP contribution < -0.4 is 0 Å². The van der Waals surface area contributed by atoms with Crippen LogP contribution in [0.1, 0.15) is 46.6 Å². The Kier molecular flexibility index (Phi) is 12.2. The van der Waals surface area contributed by atoms with Gasteiger partial charge in [0.1, 0.15) is 12.3 Å². The van der Waals surface area contributed by atoms with Crippen LogP contribution in [0.25, 0.3) is 0 Å². The number of benzene rings is 1. The van der Waals surface area contributed by atoms with Gasteiger partial charge >= 0.3 is 0 Å². The van der Waals surface area contributed by atoms with Crippen molar-refractivity contribution >= 4 is 11.7 Å². The number of carbonyl (C=O) groups is 2. The first-order valence-corrected chi connectivity index (χ1v) is 10.4. The summed E-state index contributed by atoms with van der Waals surface area (Å²) in [6, 6.07) is 9.85. The standard InChI is InChI=1S/C21H29NO6.C2H6/c1-15(16(2)24)12-22(17(3)25)21-11-19(20(13-23)28-21)27-10-9-26-14-18-7-5-4-6-8-18;1-2/h4-8,12,19-21,23H,9-11,13-14H2,1-3H3;1-2H3/b15-12-;. The lowest BCUT2D eigenvalue weighted by molar-refractivity contribution is -0.139. The van der Waals surface area contributed by atoms with E-state index in [9.17, 15) is 14.7 Å². The van der Waals surface area contributed by atoms with Crippen LogP contribution in [0.5, 0.6) is 0 Å². The summed E-state index contributed by atoms with van der Waals surface area (Å²) in [7, 11) is 0. The van der Waals surface area contributed by atoms with Gasteiger partial charge in [-0.05, 0) is 19.4 Å². The average Bonchev–Trinajstić information content (AvgIpc) is 3.16. The molecule has 2 rings (SSSR count). The van der Waals surface area contributed by atoms with Gasteiger partial charge in [-0.2, -0.15) is 0 Å². The molecule has 30 heavy (non-hydrogen) atoms. The second-order valence-corrected chi connectivity index (χ2v) is 6.79. The van der Waals surface area contributed by atoms with Gasteiger partial charge in [0.25, 0.3) is 0 Å². The molecule has 0 radical (unpaired) electrons. The quantitative estimate of drug-likeness (QED) is 0.462. The van der Waals surface area contributed by atoms with Crippen molar-refractivity contribution in [2.24, 2.45) is 0 Å². The highest BCUT2D eigenvalue weighted by molar-refractivity contribution is 5.93. The molecule has 1 aromatic rings. The number of hydrogen-bond donors (Lipinski definition) is 1. The molecular formula is C23H35NO6. The number of allylic oxidation sites excluding steroid dienone is 1. The van der Waals surface area contributed by atoms with Crippen LogP contribution in [0.4, 0.5) is 0 Å². The molecule has 0 saturated carbocycles. The van der Waals surface area contributed by atoms with Crippen molar-refractivity contribution in [1.29, 1.82) is 0 Å². The van der Waals surface area contributed by atoms with E-state index in [-0.39, 0.29) is 24.4 Å². The van der Waals surface area contributed by atoms with E-state index in [0.29, 0.717) is 31.8 Å². The van der Waals surface area contributed by atoms with Crippen LogP contribution in [-0.2, 0) is 30.4 Å². The minimum absolute atomic E-state index is 0.119. The molecule has 0 spiro atoms. The van der Waals surface area contributed by atoms with E-state index in [4.69, 9.17) is 14.2 Å². The van der Waals surface area contributed by atoms with Crippen molar-refractivity contribution in [3.8, 4) is 0 Å². The van der Waals surface area contributed by atoms with Gasteiger partial charge in [0.15, 0.2) is 5.78 Å².